The van der Waals surface area contributed by atoms with Gasteiger partial charge in [0.1, 0.15) is 5.01 Å². The lowest BCUT2D eigenvalue weighted by Gasteiger charge is -2.19. The highest BCUT2D eigenvalue weighted by molar-refractivity contribution is 7.89. The fraction of sp³-hybridized carbons (Fsp3) is 0.429. The minimum atomic E-state index is -3.63. The zero-order valence-electron chi connectivity index (χ0n) is 17.4. The van der Waals surface area contributed by atoms with Gasteiger partial charge >= 0.3 is 0 Å². The Labute approximate surface area is 181 Å². The molecule has 1 fully saturated rings. The van der Waals surface area contributed by atoms with Crippen molar-refractivity contribution in [2.75, 3.05) is 13.1 Å². The number of thiazole rings is 1. The molecule has 3 heterocycles. The van der Waals surface area contributed by atoms with E-state index in [4.69, 9.17) is 4.98 Å². The van der Waals surface area contributed by atoms with Crippen LogP contribution in [0, 0.1) is 0 Å². The van der Waals surface area contributed by atoms with E-state index in [1.807, 2.05) is 18.2 Å². The van der Waals surface area contributed by atoms with Crippen molar-refractivity contribution >= 4 is 21.4 Å². The molecule has 2 unspecified atom stereocenters. The summed E-state index contributed by atoms with van der Waals surface area (Å²) in [6, 6.07) is 10.1. The molecule has 1 N–H and O–H groups in total. The van der Waals surface area contributed by atoms with Crippen LogP contribution in [-0.4, -0.2) is 46.4 Å². The molecule has 160 valence electrons. The predicted molar refractivity (Wildman–Crippen MR) is 118 cm³/mol. The predicted octanol–water partition coefficient (Wildman–Crippen LogP) is 2.95. The average Bonchev–Trinajstić information content (AvgIpc) is 3.46. The topological polar surface area (TPSA) is 80.1 Å². The van der Waals surface area contributed by atoms with Crippen LogP contribution in [0.1, 0.15) is 41.9 Å². The Hall–Kier alpha value is -2.07. The van der Waals surface area contributed by atoms with Gasteiger partial charge in [0.25, 0.3) is 10.0 Å². The highest BCUT2D eigenvalue weighted by Crippen LogP contribution is 2.31. The molecule has 9 heteroatoms. The van der Waals surface area contributed by atoms with Crippen molar-refractivity contribution < 1.29 is 8.42 Å². The summed E-state index contributed by atoms with van der Waals surface area (Å²) in [5, 5.41) is 6.79. The molecule has 0 aliphatic carbocycles. The molecule has 1 aromatic carbocycles. The van der Waals surface area contributed by atoms with Crippen molar-refractivity contribution in [2.24, 2.45) is 7.05 Å². The van der Waals surface area contributed by atoms with Crippen molar-refractivity contribution in [3.63, 3.8) is 0 Å². The molecule has 2 atom stereocenters. The monoisotopic (exact) mass is 445 g/mol. The van der Waals surface area contributed by atoms with Crippen LogP contribution < -0.4 is 5.32 Å². The van der Waals surface area contributed by atoms with E-state index >= 15 is 0 Å². The van der Waals surface area contributed by atoms with Gasteiger partial charge in [-0.1, -0.05) is 44.2 Å². The summed E-state index contributed by atoms with van der Waals surface area (Å²) in [6.07, 6.45) is 3.07. The van der Waals surface area contributed by atoms with Crippen LogP contribution in [0.25, 0.3) is 0 Å². The summed E-state index contributed by atoms with van der Waals surface area (Å²) in [5.74, 6) is 0.465. The van der Waals surface area contributed by atoms with Crippen LogP contribution in [0.3, 0.4) is 0 Å². The van der Waals surface area contributed by atoms with Gasteiger partial charge in [-0.3, -0.25) is 0 Å². The Kier molecular flexibility index (Phi) is 6.06. The van der Waals surface area contributed by atoms with Gasteiger partial charge in [-0.2, -0.15) is 4.31 Å². The number of benzene rings is 1. The van der Waals surface area contributed by atoms with E-state index in [1.165, 1.54) is 6.33 Å². The minimum Gasteiger partial charge on any atom is -0.339 e. The normalized spacial score (nSPS) is 20.3. The van der Waals surface area contributed by atoms with Crippen LogP contribution in [-0.2, 0) is 23.6 Å². The van der Waals surface area contributed by atoms with Gasteiger partial charge < -0.3 is 9.88 Å². The van der Waals surface area contributed by atoms with Crippen molar-refractivity contribution in [3.8, 4) is 0 Å². The van der Waals surface area contributed by atoms with Gasteiger partial charge in [0, 0.05) is 50.2 Å². The van der Waals surface area contributed by atoms with Gasteiger partial charge in [0.15, 0.2) is 5.03 Å². The van der Waals surface area contributed by atoms with Crippen LogP contribution in [0.15, 0.2) is 53.3 Å². The van der Waals surface area contributed by atoms with Crippen molar-refractivity contribution in [1.29, 1.82) is 0 Å². The highest BCUT2D eigenvalue weighted by Gasteiger charge is 2.40. The molecule has 2 aromatic heterocycles. The van der Waals surface area contributed by atoms with Gasteiger partial charge in [-0.15, -0.1) is 11.3 Å². The van der Waals surface area contributed by atoms with Gasteiger partial charge in [0.05, 0.1) is 12.0 Å². The fourth-order valence-electron chi connectivity index (χ4n) is 3.75. The van der Waals surface area contributed by atoms with Crippen molar-refractivity contribution in [1.82, 2.24) is 24.2 Å². The fourth-order valence-corrected chi connectivity index (χ4v) is 6.12. The lowest BCUT2D eigenvalue weighted by molar-refractivity contribution is 0.453. The van der Waals surface area contributed by atoms with E-state index in [0.29, 0.717) is 25.6 Å². The molecule has 0 radical (unpaired) electrons. The maximum absolute atomic E-state index is 13.1. The summed E-state index contributed by atoms with van der Waals surface area (Å²) < 4.78 is 29.5. The van der Waals surface area contributed by atoms with Crippen LogP contribution in [0.4, 0.5) is 0 Å². The van der Waals surface area contributed by atoms with Crippen LogP contribution in [0.5, 0.6) is 0 Å². The maximum Gasteiger partial charge on any atom is 0.262 e. The number of nitrogens with zero attached hydrogens (tertiary/aromatic N) is 4. The molecule has 4 rings (SSSR count). The van der Waals surface area contributed by atoms with E-state index in [1.54, 1.807) is 33.5 Å². The van der Waals surface area contributed by atoms with E-state index in [2.05, 4.69) is 41.7 Å². The van der Waals surface area contributed by atoms with Crippen LogP contribution in [0.2, 0.25) is 0 Å². The number of sulfonamides is 1. The van der Waals surface area contributed by atoms with E-state index in [-0.39, 0.29) is 17.0 Å². The van der Waals surface area contributed by atoms with Gasteiger partial charge in [-0.05, 0) is 11.5 Å². The maximum atomic E-state index is 13.1. The Bertz CT molecular complexity index is 1090. The number of imidazole rings is 1. The Morgan fingerprint density at radius 3 is 2.63 bits per heavy atom. The third kappa shape index (κ3) is 4.34. The third-order valence-corrected chi connectivity index (χ3v) is 8.06. The minimum absolute atomic E-state index is 0.00251. The molecule has 0 saturated carbocycles. The number of rotatable bonds is 7. The number of hydrogen-bond acceptors (Lipinski definition) is 6. The first-order chi connectivity index (χ1) is 14.3. The second-order valence-electron chi connectivity index (χ2n) is 8.02. The second kappa shape index (κ2) is 8.58. The smallest absolute Gasteiger partial charge is 0.262 e. The Morgan fingerprint density at radius 2 is 2.00 bits per heavy atom. The van der Waals surface area contributed by atoms with Gasteiger partial charge in [0.2, 0.25) is 0 Å². The Balaban J connectivity index is 1.55. The van der Waals surface area contributed by atoms with E-state index in [0.717, 1.165) is 16.3 Å². The molecular weight excluding hydrogens is 418 g/mol. The molecule has 0 amide bonds. The lowest BCUT2D eigenvalue weighted by atomic mass is 9.94. The van der Waals surface area contributed by atoms with Crippen molar-refractivity contribution in [2.45, 2.75) is 43.3 Å². The number of nitrogens with one attached hydrogen (secondary N) is 1. The molecular formula is C21H27N5O2S2. The van der Waals surface area contributed by atoms with Crippen LogP contribution >= 0.6 is 11.3 Å². The third-order valence-electron chi connectivity index (χ3n) is 5.48. The van der Waals surface area contributed by atoms with Gasteiger partial charge in [-0.25, -0.2) is 18.4 Å². The summed E-state index contributed by atoms with van der Waals surface area (Å²) in [5.41, 5.74) is 2.23. The summed E-state index contributed by atoms with van der Waals surface area (Å²) in [4.78, 5) is 8.77. The molecule has 1 aliphatic rings. The van der Waals surface area contributed by atoms with E-state index < -0.39 is 10.0 Å². The SMILES string of the molecule is CC(C)c1csc(CNC2CN(S(=O)(=O)c3cn(C)cn3)CC2c2ccccc2)n1. The molecule has 1 saturated heterocycles. The number of hydrogen-bond donors (Lipinski definition) is 1. The lowest BCUT2D eigenvalue weighted by Crippen LogP contribution is -2.36. The highest BCUT2D eigenvalue weighted by atomic mass is 32.2. The molecule has 7 nitrogen and oxygen atoms in total. The largest absolute Gasteiger partial charge is 0.339 e. The number of aryl methyl sites for hydroxylation is 1. The number of aromatic nitrogens is 3. The zero-order chi connectivity index (χ0) is 21.3. The standard InChI is InChI=1S/C21H27N5O2S2/c1-15(2)19-13-29-20(24-19)9-22-18-11-26(10-17(18)16-7-5-4-6-8-16)30(27,28)21-12-25(3)14-23-21/h4-8,12-15,17-18,22H,9-11H2,1-3H3. The quantitative estimate of drug-likeness (QED) is 0.605. The first-order valence-electron chi connectivity index (χ1n) is 10.1. The molecule has 1 aliphatic heterocycles. The molecule has 3 aromatic rings. The summed E-state index contributed by atoms with van der Waals surface area (Å²) >= 11 is 1.65. The van der Waals surface area contributed by atoms with E-state index in [9.17, 15) is 8.42 Å². The zero-order valence-corrected chi connectivity index (χ0v) is 19.0. The average molecular weight is 446 g/mol. The first kappa shape index (κ1) is 21.2. The molecule has 0 spiro atoms. The molecule has 30 heavy (non-hydrogen) atoms. The van der Waals surface area contributed by atoms with Crippen molar-refractivity contribution in [3.05, 3.63) is 64.5 Å². The Morgan fingerprint density at radius 1 is 1.23 bits per heavy atom. The molecule has 0 bridgehead atoms. The summed E-state index contributed by atoms with van der Waals surface area (Å²) in [7, 11) is -1.86. The summed E-state index contributed by atoms with van der Waals surface area (Å²) in [6.45, 7) is 5.73. The second-order valence-corrected chi connectivity index (χ2v) is 10.9. The first-order valence-corrected chi connectivity index (χ1v) is 12.4.